The molecule has 0 radical (unpaired) electrons. The lowest BCUT2D eigenvalue weighted by Crippen LogP contribution is -2.14. The van der Waals surface area contributed by atoms with Gasteiger partial charge in [-0.15, -0.1) is 0 Å². The van der Waals surface area contributed by atoms with Crippen molar-refractivity contribution in [1.82, 2.24) is 0 Å². The Morgan fingerprint density at radius 1 is 1.58 bits per heavy atom. The Labute approximate surface area is 108 Å². The standard InChI is InChI=1S/C11H11N3O5/c12-6-8-5-9(14(17)18)1-2-10(8)13-3-4-19-7-11(15)16/h1-2,5,13H,3-4,7H2,(H,15,16). The molecular weight excluding hydrogens is 254 g/mol. The molecule has 8 nitrogen and oxygen atoms in total. The number of rotatable bonds is 7. The molecule has 100 valence electrons. The topological polar surface area (TPSA) is 125 Å². The monoisotopic (exact) mass is 265 g/mol. The molecular formula is C11H11N3O5. The van der Waals surface area contributed by atoms with Crippen LogP contribution in [0, 0.1) is 21.4 Å². The van der Waals surface area contributed by atoms with Crippen LogP contribution in [0.1, 0.15) is 5.56 Å². The van der Waals surface area contributed by atoms with Crippen molar-refractivity contribution in [1.29, 1.82) is 5.26 Å². The van der Waals surface area contributed by atoms with E-state index in [9.17, 15) is 14.9 Å². The molecule has 0 aliphatic carbocycles. The number of nitrogens with one attached hydrogen (secondary N) is 1. The quantitative estimate of drug-likeness (QED) is 0.427. The van der Waals surface area contributed by atoms with Gasteiger partial charge in [0.2, 0.25) is 0 Å². The number of aliphatic carboxylic acids is 1. The highest BCUT2D eigenvalue weighted by Crippen LogP contribution is 2.21. The van der Waals surface area contributed by atoms with E-state index >= 15 is 0 Å². The zero-order valence-electron chi connectivity index (χ0n) is 9.83. The number of nitro benzene ring substituents is 1. The van der Waals surface area contributed by atoms with Crippen molar-refractivity contribution in [2.24, 2.45) is 0 Å². The van der Waals surface area contributed by atoms with Crippen LogP contribution >= 0.6 is 0 Å². The Morgan fingerprint density at radius 2 is 2.32 bits per heavy atom. The molecule has 0 saturated heterocycles. The summed E-state index contributed by atoms with van der Waals surface area (Å²) >= 11 is 0. The second-order valence-corrected chi connectivity index (χ2v) is 3.47. The third-order valence-corrected chi connectivity index (χ3v) is 2.12. The van der Waals surface area contributed by atoms with Crippen LogP contribution < -0.4 is 5.32 Å². The number of nitro groups is 1. The first-order valence-electron chi connectivity index (χ1n) is 5.26. The molecule has 0 heterocycles. The van der Waals surface area contributed by atoms with Crippen LogP contribution in [0.4, 0.5) is 11.4 Å². The van der Waals surface area contributed by atoms with Gasteiger partial charge < -0.3 is 15.2 Å². The summed E-state index contributed by atoms with van der Waals surface area (Å²) in [6, 6.07) is 5.72. The first kappa shape index (κ1) is 14.4. The van der Waals surface area contributed by atoms with Gasteiger partial charge in [0.05, 0.1) is 22.8 Å². The van der Waals surface area contributed by atoms with E-state index < -0.39 is 17.5 Å². The Hall–Kier alpha value is -2.66. The van der Waals surface area contributed by atoms with Gasteiger partial charge >= 0.3 is 5.97 Å². The Bertz CT molecular complexity index is 524. The third-order valence-electron chi connectivity index (χ3n) is 2.12. The SMILES string of the molecule is N#Cc1cc([N+](=O)[O-])ccc1NCCOCC(=O)O. The molecule has 0 spiro atoms. The van der Waals surface area contributed by atoms with Gasteiger partial charge in [-0.3, -0.25) is 10.1 Å². The van der Waals surface area contributed by atoms with E-state index in [1.165, 1.54) is 18.2 Å². The summed E-state index contributed by atoms with van der Waals surface area (Å²) in [7, 11) is 0. The molecule has 0 unspecified atom stereocenters. The van der Waals surface area contributed by atoms with Gasteiger partial charge in [-0.05, 0) is 6.07 Å². The maximum atomic E-state index is 10.5. The summed E-state index contributed by atoms with van der Waals surface area (Å²) in [6.45, 7) is 0.0426. The van der Waals surface area contributed by atoms with Crippen molar-refractivity contribution in [2.45, 2.75) is 0 Å². The predicted octanol–water partition coefficient (Wildman–Crippen LogP) is 0.980. The average Bonchev–Trinajstić information content (AvgIpc) is 2.37. The number of hydrogen-bond donors (Lipinski definition) is 2. The third kappa shape index (κ3) is 4.61. The molecule has 1 aromatic carbocycles. The van der Waals surface area contributed by atoms with Gasteiger partial charge in [-0.1, -0.05) is 0 Å². The van der Waals surface area contributed by atoms with Gasteiger partial charge in [0.1, 0.15) is 12.7 Å². The highest BCUT2D eigenvalue weighted by atomic mass is 16.6. The number of nitrogens with zero attached hydrogens (tertiary/aromatic N) is 2. The highest BCUT2D eigenvalue weighted by molar-refractivity contribution is 5.68. The minimum atomic E-state index is -1.06. The average molecular weight is 265 g/mol. The predicted molar refractivity (Wildman–Crippen MR) is 64.8 cm³/mol. The molecule has 0 aliphatic rings. The van der Waals surface area contributed by atoms with Crippen LogP contribution in [-0.2, 0) is 9.53 Å². The van der Waals surface area contributed by atoms with Gasteiger partial charge in [-0.25, -0.2) is 4.79 Å². The van der Waals surface area contributed by atoms with Crippen LogP contribution in [0.5, 0.6) is 0 Å². The van der Waals surface area contributed by atoms with E-state index in [0.29, 0.717) is 12.2 Å². The van der Waals surface area contributed by atoms with Gasteiger partial charge in [0.15, 0.2) is 0 Å². The van der Waals surface area contributed by atoms with Gasteiger partial charge in [-0.2, -0.15) is 5.26 Å². The number of carboxylic acid groups (broad SMARTS) is 1. The van der Waals surface area contributed by atoms with E-state index in [-0.39, 0.29) is 17.9 Å². The van der Waals surface area contributed by atoms with Crippen LogP contribution in [-0.4, -0.2) is 35.8 Å². The lowest BCUT2D eigenvalue weighted by atomic mass is 10.1. The van der Waals surface area contributed by atoms with E-state index in [2.05, 4.69) is 5.32 Å². The molecule has 0 aliphatic heterocycles. The summed E-state index contributed by atoms with van der Waals surface area (Å²) in [5.74, 6) is -1.06. The minimum absolute atomic E-state index is 0.146. The van der Waals surface area contributed by atoms with Crippen molar-refractivity contribution < 1.29 is 19.6 Å². The zero-order valence-corrected chi connectivity index (χ0v) is 9.83. The molecule has 1 rings (SSSR count). The molecule has 0 bridgehead atoms. The number of carbonyl (C=O) groups is 1. The molecule has 0 saturated carbocycles. The highest BCUT2D eigenvalue weighted by Gasteiger charge is 2.10. The van der Waals surface area contributed by atoms with E-state index in [4.69, 9.17) is 15.1 Å². The molecule has 1 aromatic rings. The fraction of sp³-hybridized carbons (Fsp3) is 0.273. The lowest BCUT2D eigenvalue weighted by Gasteiger charge is -2.07. The summed E-state index contributed by atoms with van der Waals surface area (Å²) in [6.07, 6.45) is 0. The first-order chi connectivity index (χ1) is 9.04. The van der Waals surface area contributed by atoms with Crippen molar-refractivity contribution in [2.75, 3.05) is 25.1 Å². The normalized spacial score (nSPS) is 9.63. The van der Waals surface area contributed by atoms with Crippen LogP contribution in [0.25, 0.3) is 0 Å². The summed E-state index contributed by atoms with van der Waals surface area (Å²) in [5, 5.41) is 30.6. The summed E-state index contributed by atoms with van der Waals surface area (Å²) in [4.78, 5) is 20.1. The van der Waals surface area contributed by atoms with Crippen LogP contribution in [0.2, 0.25) is 0 Å². The molecule has 2 N–H and O–H groups in total. The van der Waals surface area contributed by atoms with Crippen molar-refractivity contribution in [3.8, 4) is 6.07 Å². The molecule has 0 amide bonds. The summed E-state index contributed by atoms with van der Waals surface area (Å²) < 4.78 is 4.80. The number of non-ortho nitro benzene ring substituents is 1. The fourth-order valence-corrected chi connectivity index (χ4v) is 1.31. The molecule has 19 heavy (non-hydrogen) atoms. The number of nitriles is 1. The van der Waals surface area contributed by atoms with E-state index in [1.54, 1.807) is 0 Å². The number of carboxylic acids is 1. The smallest absolute Gasteiger partial charge is 0.329 e. The lowest BCUT2D eigenvalue weighted by molar-refractivity contribution is -0.384. The Morgan fingerprint density at radius 3 is 2.89 bits per heavy atom. The van der Waals surface area contributed by atoms with E-state index in [1.807, 2.05) is 6.07 Å². The number of anilines is 1. The number of hydrogen-bond acceptors (Lipinski definition) is 6. The van der Waals surface area contributed by atoms with Crippen molar-refractivity contribution >= 4 is 17.3 Å². The Kier molecular flexibility index (Phi) is 5.25. The number of ether oxygens (including phenoxy) is 1. The van der Waals surface area contributed by atoms with Gasteiger partial charge in [0.25, 0.3) is 5.69 Å². The first-order valence-corrected chi connectivity index (χ1v) is 5.26. The summed E-state index contributed by atoms with van der Waals surface area (Å²) in [5.41, 5.74) is 0.420. The zero-order chi connectivity index (χ0) is 14.3. The van der Waals surface area contributed by atoms with Crippen LogP contribution in [0.15, 0.2) is 18.2 Å². The number of benzene rings is 1. The van der Waals surface area contributed by atoms with E-state index in [0.717, 1.165) is 0 Å². The van der Waals surface area contributed by atoms with Crippen LogP contribution in [0.3, 0.4) is 0 Å². The Balaban J connectivity index is 2.57. The fourth-order valence-electron chi connectivity index (χ4n) is 1.31. The van der Waals surface area contributed by atoms with Crippen molar-refractivity contribution in [3.05, 3.63) is 33.9 Å². The van der Waals surface area contributed by atoms with Gasteiger partial charge in [0, 0.05) is 18.7 Å². The largest absolute Gasteiger partial charge is 0.480 e. The minimum Gasteiger partial charge on any atom is -0.480 e. The maximum Gasteiger partial charge on any atom is 0.329 e. The second kappa shape index (κ2) is 6.93. The van der Waals surface area contributed by atoms with Crippen molar-refractivity contribution in [3.63, 3.8) is 0 Å². The molecule has 0 fully saturated rings. The second-order valence-electron chi connectivity index (χ2n) is 3.47. The molecule has 0 atom stereocenters. The molecule has 8 heteroatoms. The molecule has 0 aromatic heterocycles. The maximum absolute atomic E-state index is 10.5.